The Balaban J connectivity index is 2.52. The van der Waals surface area contributed by atoms with Crippen molar-refractivity contribution < 1.29 is 9.53 Å². The number of hydrogen-bond donors (Lipinski definition) is 2. The highest BCUT2D eigenvalue weighted by Gasteiger charge is 2.07. The van der Waals surface area contributed by atoms with E-state index in [1.807, 2.05) is 0 Å². The van der Waals surface area contributed by atoms with Crippen molar-refractivity contribution in [3.05, 3.63) is 28.2 Å². The molecule has 2 N–H and O–H groups in total. The Morgan fingerprint density at radius 1 is 1.38 bits per heavy atom. The van der Waals surface area contributed by atoms with Crippen molar-refractivity contribution >= 4 is 29.3 Å². The van der Waals surface area contributed by atoms with Crippen LogP contribution >= 0.6 is 23.2 Å². The normalized spacial score (nSPS) is 9.94. The van der Waals surface area contributed by atoms with Gasteiger partial charge in [-0.05, 0) is 19.2 Å². The predicted molar refractivity (Wildman–Crippen MR) is 64.4 cm³/mol. The lowest BCUT2D eigenvalue weighted by molar-refractivity contribution is 0.200. The highest BCUT2D eigenvalue weighted by atomic mass is 35.5. The molecule has 1 rings (SSSR count). The van der Waals surface area contributed by atoms with Gasteiger partial charge in [0.05, 0.1) is 5.02 Å². The minimum absolute atomic E-state index is 0.246. The summed E-state index contributed by atoms with van der Waals surface area (Å²) in [7, 11) is 1.79. The van der Waals surface area contributed by atoms with Crippen LogP contribution in [0.2, 0.25) is 10.0 Å². The van der Waals surface area contributed by atoms with Crippen LogP contribution in [0.3, 0.4) is 0 Å². The third-order valence-corrected chi connectivity index (χ3v) is 2.29. The quantitative estimate of drug-likeness (QED) is 0.819. The van der Waals surface area contributed by atoms with Crippen LogP contribution in [-0.2, 0) is 0 Å². The summed E-state index contributed by atoms with van der Waals surface area (Å²) in [5.74, 6) is 0.246. The van der Waals surface area contributed by atoms with Crippen molar-refractivity contribution in [2.24, 2.45) is 0 Å². The number of amides is 1. The van der Waals surface area contributed by atoms with E-state index in [0.717, 1.165) is 0 Å². The van der Waals surface area contributed by atoms with E-state index in [9.17, 15) is 4.79 Å². The molecular weight excluding hydrogens is 251 g/mol. The topological polar surface area (TPSA) is 50.4 Å². The molecule has 0 atom stereocenters. The molecule has 1 aromatic carbocycles. The molecule has 6 heteroatoms. The standard InChI is InChI=1S/C10H12Cl2N2O2/c1-13-4-5-14-10(15)16-9-6-7(11)2-3-8(9)12/h2-3,6,13H,4-5H2,1H3,(H,14,15). The largest absolute Gasteiger partial charge is 0.412 e. The first-order valence-electron chi connectivity index (χ1n) is 4.69. The molecule has 0 radical (unpaired) electrons. The number of halogens is 2. The van der Waals surface area contributed by atoms with E-state index in [4.69, 9.17) is 27.9 Å². The summed E-state index contributed by atoms with van der Waals surface area (Å²) in [5, 5.41) is 6.24. The average molecular weight is 263 g/mol. The fourth-order valence-corrected chi connectivity index (χ4v) is 1.30. The minimum atomic E-state index is -0.556. The Hall–Kier alpha value is -0.970. The van der Waals surface area contributed by atoms with Crippen LogP contribution in [0.5, 0.6) is 5.75 Å². The summed E-state index contributed by atoms with van der Waals surface area (Å²) >= 11 is 11.6. The first-order valence-corrected chi connectivity index (χ1v) is 5.44. The molecule has 0 aliphatic rings. The maximum absolute atomic E-state index is 11.3. The van der Waals surface area contributed by atoms with Crippen molar-refractivity contribution in [2.45, 2.75) is 0 Å². The monoisotopic (exact) mass is 262 g/mol. The van der Waals surface area contributed by atoms with Crippen LogP contribution in [0.25, 0.3) is 0 Å². The van der Waals surface area contributed by atoms with Crippen LogP contribution < -0.4 is 15.4 Å². The number of carbonyl (C=O) groups excluding carboxylic acids is 1. The molecule has 0 spiro atoms. The number of likely N-dealkylation sites (N-methyl/N-ethyl adjacent to an activating group) is 1. The molecular formula is C10H12Cl2N2O2. The van der Waals surface area contributed by atoms with Crippen LogP contribution in [0, 0.1) is 0 Å². The average Bonchev–Trinajstić information content (AvgIpc) is 2.24. The molecule has 0 unspecified atom stereocenters. The van der Waals surface area contributed by atoms with Crippen LogP contribution in [0.15, 0.2) is 18.2 Å². The van der Waals surface area contributed by atoms with Gasteiger partial charge in [0, 0.05) is 24.2 Å². The SMILES string of the molecule is CNCCNC(=O)Oc1cc(Cl)ccc1Cl. The first kappa shape index (κ1) is 13.1. The third kappa shape index (κ3) is 4.26. The van der Waals surface area contributed by atoms with Crippen LogP contribution in [-0.4, -0.2) is 26.2 Å². The molecule has 4 nitrogen and oxygen atoms in total. The Kier molecular flexibility index (Phi) is 5.38. The van der Waals surface area contributed by atoms with Gasteiger partial charge in [0.15, 0.2) is 5.75 Å². The molecule has 0 saturated heterocycles. The lowest BCUT2D eigenvalue weighted by Gasteiger charge is -2.07. The van der Waals surface area contributed by atoms with Crippen LogP contribution in [0.1, 0.15) is 0 Å². The van der Waals surface area contributed by atoms with E-state index < -0.39 is 6.09 Å². The Bertz CT molecular complexity index is 372. The maximum Gasteiger partial charge on any atom is 0.412 e. The van der Waals surface area contributed by atoms with Crippen LogP contribution in [0.4, 0.5) is 4.79 Å². The van der Waals surface area contributed by atoms with Gasteiger partial charge in [-0.1, -0.05) is 23.2 Å². The molecule has 1 aromatic rings. The van der Waals surface area contributed by atoms with Crippen molar-refractivity contribution in [3.63, 3.8) is 0 Å². The zero-order valence-electron chi connectivity index (χ0n) is 8.72. The molecule has 0 fully saturated rings. The Morgan fingerprint density at radius 2 is 2.12 bits per heavy atom. The summed E-state index contributed by atoms with van der Waals surface area (Å²) in [4.78, 5) is 11.3. The van der Waals surface area contributed by atoms with Crippen molar-refractivity contribution in [2.75, 3.05) is 20.1 Å². The number of ether oxygens (including phenoxy) is 1. The fraction of sp³-hybridized carbons (Fsp3) is 0.300. The molecule has 1 amide bonds. The van der Waals surface area contributed by atoms with E-state index in [1.165, 1.54) is 6.07 Å². The van der Waals surface area contributed by atoms with Gasteiger partial charge in [-0.25, -0.2) is 4.79 Å². The highest BCUT2D eigenvalue weighted by molar-refractivity contribution is 6.34. The van der Waals surface area contributed by atoms with Gasteiger partial charge in [0.25, 0.3) is 0 Å². The lowest BCUT2D eigenvalue weighted by atomic mass is 10.3. The Morgan fingerprint density at radius 3 is 2.81 bits per heavy atom. The third-order valence-electron chi connectivity index (χ3n) is 1.74. The highest BCUT2D eigenvalue weighted by Crippen LogP contribution is 2.27. The number of carbonyl (C=O) groups is 1. The molecule has 16 heavy (non-hydrogen) atoms. The number of rotatable bonds is 4. The summed E-state index contributed by atoms with van der Waals surface area (Å²) in [6, 6.07) is 4.68. The molecule has 0 aliphatic heterocycles. The molecule has 0 saturated carbocycles. The van der Waals surface area contributed by atoms with E-state index >= 15 is 0 Å². The molecule has 0 aromatic heterocycles. The molecule has 88 valence electrons. The fourth-order valence-electron chi connectivity index (χ4n) is 0.981. The number of hydrogen-bond acceptors (Lipinski definition) is 3. The van der Waals surface area contributed by atoms with Crippen molar-refractivity contribution in [1.82, 2.24) is 10.6 Å². The Labute approximate surface area is 104 Å². The van der Waals surface area contributed by atoms with E-state index in [1.54, 1.807) is 19.2 Å². The van der Waals surface area contributed by atoms with Gasteiger partial charge in [0.2, 0.25) is 0 Å². The van der Waals surface area contributed by atoms with E-state index in [0.29, 0.717) is 23.1 Å². The van der Waals surface area contributed by atoms with Crippen molar-refractivity contribution in [3.8, 4) is 5.75 Å². The first-order chi connectivity index (χ1) is 7.63. The second kappa shape index (κ2) is 6.58. The number of nitrogens with one attached hydrogen (secondary N) is 2. The van der Waals surface area contributed by atoms with Gasteiger partial charge in [0.1, 0.15) is 0 Å². The summed E-state index contributed by atoms with van der Waals surface area (Å²) in [6.45, 7) is 1.14. The van der Waals surface area contributed by atoms with Gasteiger partial charge in [-0.15, -0.1) is 0 Å². The maximum atomic E-state index is 11.3. The minimum Gasteiger partial charge on any atom is -0.409 e. The molecule has 0 aliphatic carbocycles. The van der Waals surface area contributed by atoms with Gasteiger partial charge in [-0.2, -0.15) is 0 Å². The second-order valence-electron chi connectivity index (χ2n) is 2.99. The molecule has 0 bridgehead atoms. The summed E-state index contributed by atoms with van der Waals surface area (Å²) in [6.07, 6.45) is -0.556. The zero-order valence-corrected chi connectivity index (χ0v) is 10.2. The second-order valence-corrected chi connectivity index (χ2v) is 3.84. The van der Waals surface area contributed by atoms with E-state index in [2.05, 4.69) is 10.6 Å². The predicted octanol–water partition coefficient (Wildman–Crippen LogP) is 2.30. The van der Waals surface area contributed by atoms with Gasteiger partial charge in [-0.3, -0.25) is 0 Å². The zero-order chi connectivity index (χ0) is 12.0. The van der Waals surface area contributed by atoms with Crippen molar-refractivity contribution in [1.29, 1.82) is 0 Å². The smallest absolute Gasteiger partial charge is 0.409 e. The van der Waals surface area contributed by atoms with Gasteiger partial charge < -0.3 is 15.4 Å². The summed E-state index contributed by atoms with van der Waals surface area (Å²) in [5.41, 5.74) is 0. The summed E-state index contributed by atoms with van der Waals surface area (Å²) < 4.78 is 4.98. The molecule has 0 heterocycles. The number of benzene rings is 1. The van der Waals surface area contributed by atoms with E-state index in [-0.39, 0.29) is 5.75 Å². The van der Waals surface area contributed by atoms with Gasteiger partial charge >= 0.3 is 6.09 Å². The lowest BCUT2D eigenvalue weighted by Crippen LogP contribution is -2.32.